The molecule has 1 rings (SSSR count). The summed E-state index contributed by atoms with van der Waals surface area (Å²) in [6.45, 7) is 6.06. The van der Waals surface area contributed by atoms with Gasteiger partial charge in [0.1, 0.15) is 6.29 Å². The standard InChI is InChI=1S/C9H16O2/c1-7(6-10)8-4-5-9(2,3)11-8/h6-8H,4-5H2,1-3H3. The molecule has 0 saturated carbocycles. The second kappa shape index (κ2) is 2.94. The molecule has 0 N–H and O–H groups in total. The summed E-state index contributed by atoms with van der Waals surface area (Å²) in [6.07, 6.45) is 3.22. The van der Waals surface area contributed by atoms with Crippen molar-refractivity contribution in [2.45, 2.75) is 45.3 Å². The zero-order chi connectivity index (χ0) is 8.48. The van der Waals surface area contributed by atoms with Crippen LogP contribution < -0.4 is 0 Å². The molecule has 1 aliphatic heterocycles. The van der Waals surface area contributed by atoms with E-state index in [-0.39, 0.29) is 17.6 Å². The van der Waals surface area contributed by atoms with E-state index in [4.69, 9.17) is 4.74 Å². The Kier molecular flexibility index (Phi) is 2.33. The van der Waals surface area contributed by atoms with Gasteiger partial charge in [0.25, 0.3) is 0 Å². The SMILES string of the molecule is CC(C=O)C1CCC(C)(C)O1. The molecule has 0 aromatic carbocycles. The van der Waals surface area contributed by atoms with E-state index in [9.17, 15) is 4.79 Å². The van der Waals surface area contributed by atoms with Crippen LogP contribution in [0.4, 0.5) is 0 Å². The highest BCUT2D eigenvalue weighted by Crippen LogP contribution is 2.32. The number of hydrogen-bond acceptors (Lipinski definition) is 2. The fourth-order valence-corrected chi connectivity index (χ4v) is 1.48. The monoisotopic (exact) mass is 156 g/mol. The lowest BCUT2D eigenvalue weighted by Crippen LogP contribution is -2.24. The average molecular weight is 156 g/mol. The van der Waals surface area contributed by atoms with Gasteiger partial charge in [0.2, 0.25) is 0 Å². The maximum absolute atomic E-state index is 10.4. The maximum atomic E-state index is 10.4. The molecular weight excluding hydrogens is 140 g/mol. The van der Waals surface area contributed by atoms with Gasteiger partial charge in [-0.25, -0.2) is 0 Å². The number of hydrogen-bond donors (Lipinski definition) is 0. The lowest BCUT2D eigenvalue weighted by atomic mass is 10.0. The van der Waals surface area contributed by atoms with E-state index in [0.29, 0.717) is 0 Å². The average Bonchev–Trinajstić information content (AvgIpc) is 2.29. The molecule has 0 spiro atoms. The summed E-state index contributed by atoms with van der Waals surface area (Å²) >= 11 is 0. The molecule has 0 aromatic rings. The van der Waals surface area contributed by atoms with Gasteiger partial charge in [-0.2, -0.15) is 0 Å². The van der Waals surface area contributed by atoms with Crippen LogP contribution in [0.1, 0.15) is 33.6 Å². The highest BCUT2D eigenvalue weighted by atomic mass is 16.5. The molecule has 64 valence electrons. The van der Waals surface area contributed by atoms with Gasteiger partial charge in [-0.3, -0.25) is 0 Å². The molecule has 2 heteroatoms. The fraction of sp³-hybridized carbons (Fsp3) is 0.889. The second-order valence-electron chi connectivity index (χ2n) is 3.95. The minimum atomic E-state index is -0.0120. The van der Waals surface area contributed by atoms with Gasteiger partial charge in [0.05, 0.1) is 11.7 Å². The third-order valence-corrected chi connectivity index (χ3v) is 2.30. The molecule has 2 nitrogen and oxygen atoms in total. The van der Waals surface area contributed by atoms with Crippen LogP contribution in [0.5, 0.6) is 0 Å². The molecule has 2 atom stereocenters. The molecule has 0 aliphatic carbocycles. The molecule has 1 aliphatic rings. The van der Waals surface area contributed by atoms with Crippen LogP contribution in [0.2, 0.25) is 0 Å². The van der Waals surface area contributed by atoms with Gasteiger partial charge in [-0.1, -0.05) is 6.92 Å². The van der Waals surface area contributed by atoms with E-state index in [1.165, 1.54) is 0 Å². The quantitative estimate of drug-likeness (QED) is 0.570. The Balaban J connectivity index is 2.47. The molecule has 1 fully saturated rings. The van der Waals surface area contributed by atoms with Gasteiger partial charge < -0.3 is 9.53 Å². The smallest absolute Gasteiger partial charge is 0.125 e. The van der Waals surface area contributed by atoms with E-state index in [1.807, 2.05) is 6.92 Å². The van der Waals surface area contributed by atoms with E-state index < -0.39 is 0 Å². The summed E-state index contributed by atoms with van der Waals surface area (Å²) in [5.41, 5.74) is -0.0120. The summed E-state index contributed by atoms with van der Waals surface area (Å²) < 4.78 is 5.67. The summed E-state index contributed by atoms with van der Waals surface area (Å²) in [6, 6.07) is 0. The summed E-state index contributed by atoms with van der Waals surface area (Å²) in [5, 5.41) is 0. The maximum Gasteiger partial charge on any atom is 0.125 e. The first-order valence-corrected chi connectivity index (χ1v) is 4.18. The molecule has 0 aromatic heterocycles. The molecular formula is C9H16O2. The van der Waals surface area contributed by atoms with Gasteiger partial charge in [-0.05, 0) is 26.7 Å². The van der Waals surface area contributed by atoms with Crippen molar-refractivity contribution in [3.8, 4) is 0 Å². The lowest BCUT2D eigenvalue weighted by molar-refractivity contribution is -0.116. The van der Waals surface area contributed by atoms with E-state index >= 15 is 0 Å². The highest BCUT2D eigenvalue weighted by molar-refractivity contribution is 5.53. The Bertz CT molecular complexity index is 152. The third-order valence-electron chi connectivity index (χ3n) is 2.30. The second-order valence-corrected chi connectivity index (χ2v) is 3.95. The topological polar surface area (TPSA) is 26.3 Å². The van der Waals surface area contributed by atoms with Crippen LogP contribution in [-0.4, -0.2) is 18.0 Å². The molecule has 1 heterocycles. The van der Waals surface area contributed by atoms with Crippen LogP contribution >= 0.6 is 0 Å². The van der Waals surface area contributed by atoms with Gasteiger partial charge in [-0.15, -0.1) is 0 Å². The summed E-state index contributed by atoms with van der Waals surface area (Å²) in [4.78, 5) is 10.4. The van der Waals surface area contributed by atoms with Crippen molar-refractivity contribution in [1.82, 2.24) is 0 Å². The van der Waals surface area contributed by atoms with Crippen LogP contribution in [0, 0.1) is 5.92 Å². The molecule has 11 heavy (non-hydrogen) atoms. The van der Waals surface area contributed by atoms with E-state index in [0.717, 1.165) is 19.1 Å². The predicted molar refractivity (Wildman–Crippen MR) is 43.4 cm³/mol. The van der Waals surface area contributed by atoms with Crippen molar-refractivity contribution in [1.29, 1.82) is 0 Å². The highest BCUT2D eigenvalue weighted by Gasteiger charge is 2.34. The minimum Gasteiger partial charge on any atom is -0.372 e. The Morgan fingerprint density at radius 3 is 2.64 bits per heavy atom. The molecule has 0 amide bonds. The van der Waals surface area contributed by atoms with Crippen LogP contribution in [0.25, 0.3) is 0 Å². The van der Waals surface area contributed by atoms with E-state index in [1.54, 1.807) is 0 Å². The first-order valence-electron chi connectivity index (χ1n) is 4.18. The normalized spacial score (nSPS) is 31.7. The number of carbonyl (C=O) groups excluding carboxylic acids is 1. The Hall–Kier alpha value is -0.370. The number of rotatable bonds is 2. The van der Waals surface area contributed by atoms with Crippen molar-refractivity contribution in [2.24, 2.45) is 5.92 Å². The van der Waals surface area contributed by atoms with Crippen molar-refractivity contribution in [3.05, 3.63) is 0 Å². The Morgan fingerprint density at radius 2 is 2.27 bits per heavy atom. The van der Waals surface area contributed by atoms with Crippen molar-refractivity contribution >= 4 is 6.29 Å². The largest absolute Gasteiger partial charge is 0.372 e. The summed E-state index contributed by atoms with van der Waals surface area (Å²) in [5.74, 6) is 0.0526. The van der Waals surface area contributed by atoms with Gasteiger partial charge >= 0.3 is 0 Å². The fourth-order valence-electron chi connectivity index (χ4n) is 1.48. The zero-order valence-corrected chi connectivity index (χ0v) is 7.46. The van der Waals surface area contributed by atoms with Gasteiger partial charge in [0, 0.05) is 5.92 Å². The number of carbonyl (C=O) groups is 1. The molecule has 0 radical (unpaired) electrons. The van der Waals surface area contributed by atoms with E-state index in [2.05, 4.69) is 13.8 Å². The van der Waals surface area contributed by atoms with Crippen LogP contribution in [0.3, 0.4) is 0 Å². The lowest BCUT2D eigenvalue weighted by Gasteiger charge is -2.20. The van der Waals surface area contributed by atoms with Crippen molar-refractivity contribution < 1.29 is 9.53 Å². The first kappa shape index (κ1) is 8.72. The third kappa shape index (κ3) is 2.03. The number of ether oxygens (including phenoxy) is 1. The molecule has 2 unspecified atom stereocenters. The Labute approximate surface area is 67.9 Å². The van der Waals surface area contributed by atoms with Gasteiger partial charge in [0.15, 0.2) is 0 Å². The summed E-state index contributed by atoms with van der Waals surface area (Å²) in [7, 11) is 0. The van der Waals surface area contributed by atoms with Crippen molar-refractivity contribution in [2.75, 3.05) is 0 Å². The first-order chi connectivity index (χ1) is 5.05. The van der Waals surface area contributed by atoms with Crippen LogP contribution in [-0.2, 0) is 9.53 Å². The number of aldehydes is 1. The Morgan fingerprint density at radius 1 is 1.64 bits per heavy atom. The molecule has 1 saturated heterocycles. The van der Waals surface area contributed by atoms with Crippen LogP contribution in [0.15, 0.2) is 0 Å². The predicted octanol–water partition coefficient (Wildman–Crippen LogP) is 1.78. The van der Waals surface area contributed by atoms with Crippen molar-refractivity contribution in [3.63, 3.8) is 0 Å². The molecule has 0 bridgehead atoms. The zero-order valence-electron chi connectivity index (χ0n) is 7.46. The minimum absolute atomic E-state index is 0.0120.